The smallest absolute Gasteiger partial charge is 0.422 e. The molecule has 0 bridgehead atoms. The number of para-hydroxylation sites is 1. The number of carbonyl (C=O) groups is 2. The summed E-state index contributed by atoms with van der Waals surface area (Å²) >= 11 is 0. The molecular formula is C16H17N3O3. The molecular weight excluding hydrogens is 282 g/mol. The van der Waals surface area contributed by atoms with E-state index in [4.69, 9.17) is 4.74 Å². The number of carbonyl (C=O) groups excluding carboxylic acids is 2. The van der Waals surface area contributed by atoms with Gasteiger partial charge in [0.05, 0.1) is 11.9 Å². The Bertz CT molecular complexity index is 651. The predicted octanol–water partition coefficient (Wildman–Crippen LogP) is 3.06. The minimum atomic E-state index is -0.755. The van der Waals surface area contributed by atoms with Crippen molar-refractivity contribution < 1.29 is 14.3 Å². The first kappa shape index (κ1) is 15.6. The lowest BCUT2D eigenvalue weighted by atomic mass is 10.2. The van der Waals surface area contributed by atoms with Crippen molar-refractivity contribution in [1.82, 2.24) is 9.97 Å². The van der Waals surface area contributed by atoms with Gasteiger partial charge < -0.3 is 4.74 Å². The standard InChI is InChI=1S/C16H17N3O3/c1-16(2,3)22-15(21)19(12-7-5-4-6-8-12)14(20)13-11-17-9-10-18-13/h4-11H,1-3H3. The third-order valence-corrected chi connectivity index (χ3v) is 2.58. The summed E-state index contributed by atoms with van der Waals surface area (Å²) in [6.45, 7) is 5.21. The average Bonchev–Trinajstić information content (AvgIpc) is 2.47. The van der Waals surface area contributed by atoms with Crippen molar-refractivity contribution in [2.45, 2.75) is 26.4 Å². The van der Waals surface area contributed by atoms with Gasteiger partial charge in [-0.15, -0.1) is 0 Å². The molecule has 2 aromatic rings. The van der Waals surface area contributed by atoms with Crippen molar-refractivity contribution in [3.63, 3.8) is 0 Å². The summed E-state index contributed by atoms with van der Waals surface area (Å²) in [5.41, 5.74) is -0.239. The van der Waals surface area contributed by atoms with Crippen LogP contribution in [0.15, 0.2) is 48.9 Å². The van der Waals surface area contributed by atoms with E-state index in [1.54, 1.807) is 51.1 Å². The van der Waals surface area contributed by atoms with Crippen molar-refractivity contribution in [3.8, 4) is 0 Å². The van der Waals surface area contributed by atoms with E-state index in [2.05, 4.69) is 9.97 Å². The summed E-state index contributed by atoms with van der Waals surface area (Å²) in [6.07, 6.45) is 3.40. The van der Waals surface area contributed by atoms with E-state index in [-0.39, 0.29) is 5.69 Å². The zero-order valence-corrected chi connectivity index (χ0v) is 12.7. The number of hydrogen-bond acceptors (Lipinski definition) is 5. The number of hydrogen-bond donors (Lipinski definition) is 0. The number of amides is 2. The number of rotatable bonds is 2. The number of benzene rings is 1. The molecule has 0 saturated carbocycles. The molecule has 114 valence electrons. The summed E-state index contributed by atoms with van der Waals surface area (Å²) in [6, 6.07) is 8.56. The molecule has 6 nitrogen and oxygen atoms in total. The molecule has 0 atom stereocenters. The van der Waals surface area contributed by atoms with Crippen LogP contribution in [-0.2, 0) is 4.74 Å². The van der Waals surface area contributed by atoms with Crippen LogP contribution in [0.4, 0.5) is 10.5 Å². The molecule has 0 aliphatic carbocycles. The minimum absolute atomic E-state index is 0.0669. The highest BCUT2D eigenvalue weighted by atomic mass is 16.6. The molecule has 0 spiro atoms. The van der Waals surface area contributed by atoms with Crippen LogP contribution in [0, 0.1) is 0 Å². The van der Waals surface area contributed by atoms with Gasteiger partial charge in [0.1, 0.15) is 11.3 Å². The molecule has 1 aromatic heterocycles. The molecule has 0 radical (unpaired) electrons. The Balaban J connectivity index is 2.38. The first-order valence-electron chi connectivity index (χ1n) is 6.77. The lowest BCUT2D eigenvalue weighted by Gasteiger charge is -2.25. The highest BCUT2D eigenvalue weighted by Gasteiger charge is 2.30. The number of aromatic nitrogens is 2. The van der Waals surface area contributed by atoms with Crippen LogP contribution in [0.1, 0.15) is 31.3 Å². The monoisotopic (exact) mass is 299 g/mol. The van der Waals surface area contributed by atoms with Gasteiger partial charge in [-0.2, -0.15) is 0 Å². The van der Waals surface area contributed by atoms with Crippen LogP contribution in [0.5, 0.6) is 0 Å². The maximum Gasteiger partial charge on any atom is 0.422 e. The van der Waals surface area contributed by atoms with E-state index < -0.39 is 17.6 Å². The summed E-state index contributed by atoms with van der Waals surface area (Å²) < 4.78 is 5.31. The second-order valence-electron chi connectivity index (χ2n) is 5.55. The lowest BCUT2D eigenvalue weighted by Crippen LogP contribution is -2.41. The Morgan fingerprint density at radius 1 is 1.09 bits per heavy atom. The number of nitrogens with zero attached hydrogens (tertiary/aromatic N) is 3. The molecule has 2 rings (SSSR count). The molecule has 0 aliphatic heterocycles. The highest BCUT2D eigenvalue weighted by molar-refractivity contribution is 6.18. The fraction of sp³-hybridized carbons (Fsp3) is 0.250. The Morgan fingerprint density at radius 2 is 1.77 bits per heavy atom. The van der Waals surface area contributed by atoms with Gasteiger partial charge in [0.15, 0.2) is 0 Å². The Hall–Kier alpha value is -2.76. The maximum atomic E-state index is 12.6. The van der Waals surface area contributed by atoms with Crippen molar-refractivity contribution in [3.05, 3.63) is 54.6 Å². The van der Waals surface area contributed by atoms with Gasteiger partial charge in [-0.1, -0.05) is 18.2 Å². The third-order valence-electron chi connectivity index (χ3n) is 2.58. The average molecular weight is 299 g/mol. The predicted molar refractivity (Wildman–Crippen MR) is 81.5 cm³/mol. The van der Waals surface area contributed by atoms with Gasteiger partial charge in [-0.25, -0.2) is 14.7 Å². The molecule has 0 aliphatic rings. The van der Waals surface area contributed by atoms with Gasteiger partial charge in [-0.3, -0.25) is 9.78 Å². The molecule has 1 aromatic carbocycles. The largest absolute Gasteiger partial charge is 0.443 e. The zero-order valence-electron chi connectivity index (χ0n) is 12.7. The third kappa shape index (κ3) is 3.88. The van der Waals surface area contributed by atoms with E-state index in [1.165, 1.54) is 18.6 Å². The van der Waals surface area contributed by atoms with Crippen molar-refractivity contribution in [2.75, 3.05) is 4.90 Å². The second kappa shape index (κ2) is 6.34. The van der Waals surface area contributed by atoms with E-state index in [0.717, 1.165) is 4.90 Å². The molecule has 2 amide bonds. The number of anilines is 1. The van der Waals surface area contributed by atoms with Crippen molar-refractivity contribution in [2.24, 2.45) is 0 Å². The summed E-state index contributed by atoms with van der Waals surface area (Å²) in [5, 5.41) is 0. The van der Waals surface area contributed by atoms with Gasteiger partial charge in [-0.05, 0) is 32.9 Å². The molecule has 22 heavy (non-hydrogen) atoms. The van der Waals surface area contributed by atoms with Crippen LogP contribution in [-0.4, -0.2) is 27.6 Å². The van der Waals surface area contributed by atoms with Gasteiger partial charge >= 0.3 is 6.09 Å². The van der Waals surface area contributed by atoms with Crippen LogP contribution in [0.2, 0.25) is 0 Å². The summed E-state index contributed by atoms with van der Waals surface area (Å²) in [5.74, 6) is -0.589. The van der Waals surface area contributed by atoms with Crippen LogP contribution in [0.25, 0.3) is 0 Å². The number of ether oxygens (including phenoxy) is 1. The normalized spacial score (nSPS) is 10.9. The summed E-state index contributed by atoms with van der Waals surface area (Å²) in [7, 11) is 0. The Morgan fingerprint density at radius 3 is 2.32 bits per heavy atom. The van der Waals surface area contributed by atoms with E-state index in [1.807, 2.05) is 0 Å². The lowest BCUT2D eigenvalue weighted by molar-refractivity contribution is 0.0563. The molecule has 0 fully saturated rings. The molecule has 1 heterocycles. The summed E-state index contributed by atoms with van der Waals surface area (Å²) in [4.78, 5) is 33.8. The number of imide groups is 1. The topological polar surface area (TPSA) is 72.4 Å². The Kier molecular flexibility index (Phi) is 4.50. The minimum Gasteiger partial charge on any atom is -0.443 e. The fourth-order valence-electron chi connectivity index (χ4n) is 1.71. The molecule has 0 saturated heterocycles. The Labute approximate surface area is 128 Å². The highest BCUT2D eigenvalue weighted by Crippen LogP contribution is 2.19. The first-order chi connectivity index (χ1) is 10.4. The van der Waals surface area contributed by atoms with Crippen molar-refractivity contribution >= 4 is 17.7 Å². The second-order valence-corrected chi connectivity index (χ2v) is 5.55. The maximum absolute atomic E-state index is 12.6. The SMILES string of the molecule is CC(C)(C)OC(=O)N(C(=O)c1cnccn1)c1ccccc1. The van der Waals surface area contributed by atoms with E-state index >= 15 is 0 Å². The van der Waals surface area contributed by atoms with E-state index in [0.29, 0.717) is 5.69 Å². The van der Waals surface area contributed by atoms with Gasteiger partial charge in [0, 0.05) is 12.4 Å². The van der Waals surface area contributed by atoms with Crippen LogP contribution in [0.3, 0.4) is 0 Å². The van der Waals surface area contributed by atoms with Crippen molar-refractivity contribution in [1.29, 1.82) is 0 Å². The fourth-order valence-corrected chi connectivity index (χ4v) is 1.71. The van der Waals surface area contributed by atoms with Gasteiger partial charge in [0.2, 0.25) is 0 Å². The van der Waals surface area contributed by atoms with E-state index in [9.17, 15) is 9.59 Å². The molecule has 6 heteroatoms. The first-order valence-corrected chi connectivity index (χ1v) is 6.77. The molecule has 0 unspecified atom stereocenters. The van der Waals surface area contributed by atoms with Crippen LogP contribution >= 0.6 is 0 Å². The van der Waals surface area contributed by atoms with Crippen LogP contribution < -0.4 is 4.90 Å². The zero-order chi connectivity index (χ0) is 16.2. The molecule has 0 N–H and O–H groups in total. The quantitative estimate of drug-likeness (QED) is 0.852. The van der Waals surface area contributed by atoms with Gasteiger partial charge in [0.25, 0.3) is 5.91 Å².